The summed E-state index contributed by atoms with van der Waals surface area (Å²) in [5.74, 6) is -0.560. The highest BCUT2D eigenvalue weighted by atomic mass is 32.2. The van der Waals surface area contributed by atoms with E-state index in [1.54, 1.807) is 0 Å². The lowest BCUT2D eigenvalue weighted by molar-refractivity contribution is -0.0548. The normalized spacial score (nSPS) is 12.5. The molecule has 0 fully saturated rings. The van der Waals surface area contributed by atoms with E-state index in [1.165, 1.54) is 0 Å². The highest BCUT2D eigenvalue weighted by Gasteiger charge is 2.47. The maximum atomic E-state index is 12.1. The van der Waals surface area contributed by atoms with Gasteiger partial charge in [-0.3, -0.25) is 4.18 Å². The van der Waals surface area contributed by atoms with Crippen molar-refractivity contribution in [3.05, 3.63) is 23.8 Å². The Morgan fingerprint density at radius 2 is 1.81 bits per heavy atom. The molecule has 0 atom stereocenters. The van der Waals surface area contributed by atoms with Crippen molar-refractivity contribution in [3.8, 4) is 11.5 Å². The fourth-order valence-corrected chi connectivity index (χ4v) is 1.64. The fraction of sp³-hybridized carbons (Fsp3) is 0.400. The molecule has 1 aromatic carbocycles. The molecule has 1 aromatic rings. The second-order valence-corrected chi connectivity index (χ2v) is 5.13. The van der Waals surface area contributed by atoms with Crippen molar-refractivity contribution >= 4 is 10.1 Å². The Morgan fingerprint density at radius 3 is 2.29 bits per heavy atom. The van der Waals surface area contributed by atoms with Crippen LogP contribution in [0.2, 0.25) is 0 Å². The van der Waals surface area contributed by atoms with Crippen LogP contribution in [-0.2, 0) is 20.9 Å². The van der Waals surface area contributed by atoms with Crippen molar-refractivity contribution in [2.75, 3.05) is 7.11 Å². The molecular weight excluding hydrogens is 327 g/mol. The molecule has 0 aliphatic heterocycles. The summed E-state index contributed by atoms with van der Waals surface area (Å²) in [4.78, 5) is 0. The topological polar surface area (TPSA) is 61.8 Å². The average Bonchev–Trinajstić information content (AvgIpc) is 2.34. The molecule has 0 amide bonds. The van der Waals surface area contributed by atoms with E-state index < -0.39 is 34.6 Å². The maximum absolute atomic E-state index is 12.1. The van der Waals surface area contributed by atoms with Crippen molar-refractivity contribution in [1.29, 1.82) is 0 Å². The summed E-state index contributed by atoms with van der Waals surface area (Å²) in [5.41, 5.74) is -5.69. The molecule has 0 heterocycles. The number of benzene rings is 1. The molecule has 0 unspecified atom stereocenters. The van der Waals surface area contributed by atoms with Gasteiger partial charge in [-0.2, -0.15) is 30.4 Å². The van der Waals surface area contributed by atoms with Gasteiger partial charge in [0.25, 0.3) is 0 Å². The van der Waals surface area contributed by atoms with Gasteiger partial charge in [0.05, 0.1) is 13.7 Å². The first-order valence-corrected chi connectivity index (χ1v) is 6.55. The Balaban J connectivity index is 2.91. The maximum Gasteiger partial charge on any atom is 0.523 e. The van der Waals surface area contributed by atoms with Crippen LogP contribution in [0.15, 0.2) is 18.2 Å². The van der Waals surface area contributed by atoms with Crippen LogP contribution in [0.3, 0.4) is 0 Å². The van der Waals surface area contributed by atoms with Gasteiger partial charge in [-0.25, -0.2) is 0 Å². The first kappa shape index (κ1) is 17.4. The largest absolute Gasteiger partial charge is 0.523 e. The number of hydrogen-bond acceptors (Lipinski definition) is 5. The van der Waals surface area contributed by atoms with Gasteiger partial charge in [0.1, 0.15) is 0 Å². The summed E-state index contributed by atoms with van der Waals surface area (Å²) in [5, 5.41) is 0. The van der Waals surface area contributed by atoms with E-state index in [0.29, 0.717) is 0 Å². The molecule has 0 saturated heterocycles. The molecular formula is C10H9F5O5S. The van der Waals surface area contributed by atoms with Gasteiger partial charge in [0.2, 0.25) is 0 Å². The molecule has 0 saturated carbocycles. The fourth-order valence-electron chi connectivity index (χ4n) is 1.21. The first-order chi connectivity index (χ1) is 9.56. The third kappa shape index (κ3) is 4.70. The molecule has 0 aliphatic rings. The second kappa shape index (κ2) is 6.43. The number of methoxy groups -OCH3 is 1. The Bertz CT molecular complexity index is 584. The van der Waals surface area contributed by atoms with Crippen molar-refractivity contribution in [3.63, 3.8) is 0 Å². The van der Waals surface area contributed by atoms with Crippen LogP contribution in [0.1, 0.15) is 5.56 Å². The molecule has 0 N–H and O–H groups in total. The first-order valence-electron chi connectivity index (χ1n) is 5.14. The van der Waals surface area contributed by atoms with E-state index in [9.17, 15) is 30.4 Å². The lowest BCUT2D eigenvalue weighted by Crippen LogP contribution is -2.25. The van der Waals surface area contributed by atoms with E-state index in [4.69, 9.17) is 4.74 Å². The van der Waals surface area contributed by atoms with E-state index >= 15 is 0 Å². The Morgan fingerprint density at radius 1 is 1.19 bits per heavy atom. The monoisotopic (exact) mass is 336 g/mol. The predicted octanol–water partition coefficient (Wildman–Crippen LogP) is 2.66. The number of hydrogen-bond donors (Lipinski definition) is 0. The van der Waals surface area contributed by atoms with Gasteiger partial charge in [-0.05, 0) is 17.7 Å². The smallest absolute Gasteiger partial charge is 0.493 e. The lowest BCUT2D eigenvalue weighted by atomic mass is 10.2. The van der Waals surface area contributed by atoms with Crippen molar-refractivity contribution < 1.29 is 44.0 Å². The zero-order valence-electron chi connectivity index (χ0n) is 10.4. The molecule has 0 aromatic heterocycles. The van der Waals surface area contributed by atoms with E-state index in [2.05, 4.69) is 8.92 Å². The Labute approximate surface area is 116 Å². The van der Waals surface area contributed by atoms with Crippen LogP contribution in [0.25, 0.3) is 0 Å². The van der Waals surface area contributed by atoms with E-state index in [0.717, 1.165) is 25.3 Å². The van der Waals surface area contributed by atoms with Crippen molar-refractivity contribution in [2.45, 2.75) is 18.7 Å². The van der Waals surface area contributed by atoms with Crippen LogP contribution in [0, 0.1) is 0 Å². The van der Waals surface area contributed by atoms with Crippen LogP contribution in [-0.4, -0.2) is 27.6 Å². The summed E-state index contributed by atoms with van der Waals surface area (Å²) in [6, 6.07) is 3.15. The lowest BCUT2D eigenvalue weighted by Gasteiger charge is -2.12. The molecule has 11 heteroatoms. The number of halogens is 5. The minimum absolute atomic E-state index is 0.0993. The second-order valence-electron chi connectivity index (χ2n) is 3.53. The Hall–Kier alpha value is -1.62. The molecule has 120 valence electrons. The van der Waals surface area contributed by atoms with Crippen molar-refractivity contribution in [1.82, 2.24) is 0 Å². The van der Waals surface area contributed by atoms with Crippen LogP contribution >= 0.6 is 0 Å². The van der Waals surface area contributed by atoms with Crippen LogP contribution in [0.5, 0.6) is 11.5 Å². The van der Waals surface area contributed by atoms with Gasteiger partial charge < -0.3 is 9.47 Å². The molecule has 0 aliphatic carbocycles. The summed E-state index contributed by atoms with van der Waals surface area (Å²) in [6.45, 7) is -4.18. The predicted molar refractivity (Wildman–Crippen MR) is 59.4 cm³/mol. The number of ether oxygens (including phenoxy) is 2. The highest BCUT2D eigenvalue weighted by molar-refractivity contribution is 7.87. The quantitative estimate of drug-likeness (QED) is 0.454. The molecule has 21 heavy (non-hydrogen) atoms. The van der Waals surface area contributed by atoms with Gasteiger partial charge in [-0.15, -0.1) is 0 Å². The average molecular weight is 336 g/mol. The van der Waals surface area contributed by atoms with E-state index in [-0.39, 0.29) is 11.3 Å². The number of rotatable bonds is 6. The van der Waals surface area contributed by atoms with Crippen LogP contribution in [0.4, 0.5) is 22.0 Å². The molecule has 0 radical (unpaired) electrons. The Kier molecular flexibility index (Phi) is 5.34. The summed E-state index contributed by atoms with van der Waals surface area (Å²) < 4.78 is 94.4. The van der Waals surface area contributed by atoms with Crippen LogP contribution < -0.4 is 9.47 Å². The standard InChI is InChI=1S/C10H9F5O5S/c1-18-7-3-2-6(4-8(7)20-9(11)12)5-19-21(16,17)10(13,14)15/h2-4,9H,5H2,1H3. The molecule has 0 spiro atoms. The summed E-state index contributed by atoms with van der Waals surface area (Å²) in [6.07, 6.45) is 0. The summed E-state index contributed by atoms with van der Waals surface area (Å²) in [7, 11) is -4.60. The third-order valence-corrected chi connectivity index (χ3v) is 3.10. The zero-order chi connectivity index (χ0) is 16.3. The van der Waals surface area contributed by atoms with Gasteiger partial charge >= 0.3 is 22.2 Å². The third-order valence-electron chi connectivity index (χ3n) is 2.11. The van der Waals surface area contributed by atoms with Crippen molar-refractivity contribution in [2.24, 2.45) is 0 Å². The minimum atomic E-state index is -5.77. The summed E-state index contributed by atoms with van der Waals surface area (Å²) >= 11 is 0. The zero-order valence-corrected chi connectivity index (χ0v) is 11.2. The highest BCUT2D eigenvalue weighted by Crippen LogP contribution is 2.31. The minimum Gasteiger partial charge on any atom is -0.493 e. The van der Waals surface area contributed by atoms with Gasteiger partial charge in [-0.1, -0.05) is 6.07 Å². The molecule has 1 rings (SSSR count). The van der Waals surface area contributed by atoms with Gasteiger partial charge in [0.15, 0.2) is 11.5 Å². The SMILES string of the molecule is COc1ccc(COS(=O)(=O)C(F)(F)F)cc1OC(F)F. The molecule has 0 bridgehead atoms. The van der Waals surface area contributed by atoms with Gasteiger partial charge in [0, 0.05) is 0 Å². The molecule has 5 nitrogen and oxygen atoms in total. The number of alkyl halides is 5. The van der Waals surface area contributed by atoms with E-state index in [1.807, 2.05) is 0 Å².